The molecule has 0 atom stereocenters. The van der Waals surface area contributed by atoms with Crippen LogP contribution in [0.4, 0.5) is 5.69 Å². The zero-order chi connectivity index (χ0) is 21.9. The van der Waals surface area contributed by atoms with Crippen molar-refractivity contribution in [3.63, 3.8) is 0 Å². The Morgan fingerprint density at radius 3 is 2.60 bits per heavy atom. The fourth-order valence-corrected chi connectivity index (χ4v) is 4.42. The number of non-ortho nitro benzene ring substituents is 1. The van der Waals surface area contributed by atoms with E-state index in [9.17, 15) is 23.3 Å². The highest BCUT2D eigenvalue weighted by atomic mass is 32.2. The van der Waals surface area contributed by atoms with Gasteiger partial charge in [-0.05, 0) is 42.0 Å². The highest BCUT2D eigenvalue weighted by Gasteiger charge is 2.12. The normalized spacial score (nSPS) is 12.3. The number of rotatable bonds is 5. The van der Waals surface area contributed by atoms with Gasteiger partial charge >= 0.3 is 0 Å². The number of thiazole rings is 1. The van der Waals surface area contributed by atoms with Gasteiger partial charge in [-0.25, -0.2) is 8.42 Å². The minimum atomic E-state index is -3.37. The highest BCUT2D eigenvalue weighted by Crippen LogP contribution is 2.22. The fourth-order valence-electron chi connectivity index (χ4n) is 2.62. The molecule has 0 aliphatic carbocycles. The second kappa shape index (κ2) is 8.44. The van der Waals surface area contributed by atoms with Crippen molar-refractivity contribution in [2.24, 2.45) is 4.99 Å². The van der Waals surface area contributed by atoms with E-state index in [0.717, 1.165) is 17.6 Å². The lowest BCUT2D eigenvalue weighted by Gasteiger charge is -2.01. The molecule has 0 aliphatic rings. The molecule has 1 heterocycles. The molecular formula is C20H15N3O5S2. The van der Waals surface area contributed by atoms with Gasteiger partial charge in [-0.3, -0.25) is 14.9 Å². The van der Waals surface area contributed by atoms with E-state index in [2.05, 4.69) is 10.9 Å². The van der Waals surface area contributed by atoms with Crippen LogP contribution in [0.25, 0.3) is 16.3 Å². The van der Waals surface area contributed by atoms with Crippen molar-refractivity contribution in [2.45, 2.75) is 11.4 Å². The van der Waals surface area contributed by atoms with Gasteiger partial charge in [0.05, 0.1) is 26.6 Å². The highest BCUT2D eigenvalue weighted by molar-refractivity contribution is 7.90. The van der Waals surface area contributed by atoms with Gasteiger partial charge in [0.2, 0.25) is 0 Å². The second-order valence-electron chi connectivity index (χ2n) is 6.21. The van der Waals surface area contributed by atoms with Gasteiger partial charge in [-0.15, -0.1) is 6.42 Å². The molecule has 8 nitrogen and oxygen atoms in total. The number of carbonyl (C=O) groups excluding carboxylic acids is 1. The summed E-state index contributed by atoms with van der Waals surface area (Å²) in [5.41, 5.74) is 1.24. The third-order valence-electron chi connectivity index (χ3n) is 4.06. The van der Waals surface area contributed by atoms with Crippen LogP contribution in [0.3, 0.4) is 0 Å². The van der Waals surface area contributed by atoms with E-state index in [1.807, 2.05) is 0 Å². The van der Waals surface area contributed by atoms with E-state index in [4.69, 9.17) is 6.42 Å². The Kier molecular flexibility index (Phi) is 5.96. The lowest BCUT2D eigenvalue weighted by Crippen LogP contribution is -2.15. The first kappa shape index (κ1) is 21.2. The van der Waals surface area contributed by atoms with Gasteiger partial charge in [0, 0.05) is 24.5 Å². The van der Waals surface area contributed by atoms with E-state index in [-0.39, 0.29) is 17.1 Å². The number of hydrogen-bond donors (Lipinski definition) is 0. The van der Waals surface area contributed by atoms with Crippen LogP contribution in [-0.4, -0.2) is 30.1 Å². The average Bonchev–Trinajstić information content (AvgIpc) is 3.02. The Morgan fingerprint density at radius 1 is 1.30 bits per heavy atom. The molecule has 1 amide bonds. The van der Waals surface area contributed by atoms with Crippen molar-refractivity contribution in [1.82, 2.24) is 4.57 Å². The molecule has 2 aromatic carbocycles. The first-order valence-electron chi connectivity index (χ1n) is 8.47. The van der Waals surface area contributed by atoms with Crippen LogP contribution in [0.5, 0.6) is 0 Å². The molecule has 152 valence electrons. The summed E-state index contributed by atoms with van der Waals surface area (Å²) in [4.78, 5) is 27.1. The van der Waals surface area contributed by atoms with E-state index >= 15 is 0 Å². The summed E-state index contributed by atoms with van der Waals surface area (Å²) in [6, 6.07) is 10.4. The monoisotopic (exact) mass is 441 g/mol. The number of carbonyl (C=O) groups is 1. The molecule has 0 aliphatic heterocycles. The molecule has 3 aromatic rings. The molecule has 0 radical (unpaired) electrons. The minimum absolute atomic E-state index is 0.0442. The molecule has 0 bridgehead atoms. The summed E-state index contributed by atoms with van der Waals surface area (Å²) in [6.45, 7) is 0.163. The molecule has 1 aromatic heterocycles. The molecule has 10 heteroatoms. The van der Waals surface area contributed by atoms with Crippen LogP contribution < -0.4 is 4.80 Å². The second-order valence-corrected chi connectivity index (χ2v) is 9.23. The summed E-state index contributed by atoms with van der Waals surface area (Å²) in [6.07, 6.45) is 9.29. The first-order chi connectivity index (χ1) is 14.2. The zero-order valence-corrected chi connectivity index (χ0v) is 17.3. The van der Waals surface area contributed by atoms with E-state index in [0.29, 0.717) is 20.6 Å². The Hall–Kier alpha value is -3.55. The lowest BCUT2D eigenvalue weighted by molar-refractivity contribution is -0.384. The summed E-state index contributed by atoms with van der Waals surface area (Å²) < 4.78 is 25.9. The predicted octanol–water partition coefficient (Wildman–Crippen LogP) is 2.79. The Balaban J connectivity index is 1.97. The molecule has 0 saturated carbocycles. The smallest absolute Gasteiger partial charge is 0.272 e. The van der Waals surface area contributed by atoms with Crippen LogP contribution in [0, 0.1) is 22.5 Å². The third kappa shape index (κ3) is 4.71. The molecule has 0 N–H and O–H groups in total. The number of terminal acetylenes is 1. The van der Waals surface area contributed by atoms with Gasteiger partial charge < -0.3 is 4.57 Å². The Labute approximate surface area is 175 Å². The molecule has 0 saturated heterocycles. The number of amides is 1. The molecule has 0 spiro atoms. The van der Waals surface area contributed by atoms with E-state index < -0.39 is 20.7 Å². The molecule has 0 fully saturated rings. The molecule has 3 rings (SSSR count). The van der Waals surface area contributed by atoms with Crippen molar-refractivity contribution in [3.05, 3.63) is 69.0 Å². The average molecular weight is 441 g/mol. The van der Waals surface area contributed by atoms with Gasteiger partial charge in [0.15, 0.2) is 14.6 Å². The summed E-state index contributed by atoms with van der Waals surface area (Å²) >= 11 is 1.16. The van der Waals surface area contributed by atoms with Crippen molar-refractivity contribution in [1.29, 1.82) is 0 Å². The van der Waals surface area contributed by atoms with Gasteiger partial charge in [0.25, 0.3) is 11.6 Å². The summed E-state index contributed by atoms with van der Waals surface area (Å²) in [7, 11) is -3.37. The van der Waals surface area contributed by atoms with Gasteiger partial charge in [-0.2, -0.15) is 4.99 Å². The van der Waals surface area contributed by atoms with Crippen molar-refractivity contribution in [2.75, 3.05) is 6.26 Å². The Morgan fingerprint density at radius 2 is 2.00 bits per heavy atom. The SMILES string of the molecule is C#CCn1c(=NC(=O)/C=C\c2ccc([N+](=O)[O-])cc2)sc2cc(S(C)(=O)=O)ccc21. The van der Waals surface area contributed by atoms with Crippen LogP contribution in [-0.2, 0) is 21.2 Å². The topological polar surface area (TPSA) is 112 Å². The van der Waals surface area contributed by atoms with Gasteiger partial charge in [0.1, 0.15) is 0 Å². The van der Waals surface area contributed by atoms with Crippen LogP contribution in [0.2, 0.25) is 0 Å². The number of nitrogens with zero attached hydrogens (tertiary/aromatic N) is 3. The number of aromatic nitrogens is 1. The van der Waals surface area contributed by atoms with Crippen LogP contribution in [0.15, 0.2) is 58.4 Å². The first-order valence-corrected chi connectivity index (χ1v) is 11.2. The molecule has 0 unspecified atom stereocenters. The number of fused-ring (bicyclic) bond motifs is 1. The summed E-state index contributed by atoms with van der Waals surface area (Å²) in [5.74, 6) is 1.95. The van der Waals surface area contributed by atoms with E-state index in [1.165, 1.54) is 48.6 Å². The maximum atomic E-state index is 12.3. The fraction of sp³-hybridized carbons (Fsp3) is 0.100. The predicted molar refractivity (Wildman–Crippen MR) is 114 cm³/mol. The number of nitro groups is 1. The lowest BCUT2D eigenvalue weighted by atomic mass is 10.2. The van der Waals surface area contributed by atoms with Crippen molar-refractivity contribution < 1.29 is 18.1 Å². The third-order valence-corrected chi connectivity index (χ3v) is 6.21. The van der Waals surface area contributed by atoms with E-state index in [1.54, 1.807) is 10.6 Å². The van der Waals surface area contributed by atoms with Crippen molar-refractivity contribution in [3.8, 4) is 12.3 Å². The maximum Gasteiger partial charge on any atom is 0.272 e. The minimum Gasteiger partial charge on any atom is -0.305 e. The Bertz CT molecular complexity index is 1390. The number of nitro benzene ring substituents is 1. The zero-order valence-electron chi connectivity index (χ0n) is 15.7. The quantitative estimate of drug-likeness (QED) is 0.262. The van der Waals surface area contributed by atoms with Crippen LogP contribution in [0.1, 0.15) is 5.56 Å². The van der Waals surface area contributed by atoms with Gasteiger partial charge in [-0.1, -0.05) is 17.3 Å². The number of hydrogen-bond acceptors (Lipinski definition) is 6. The summed E-state index contributed by atoms with van der Waals surface area (Å²) in [5, 5.41) is 10.7. The number of sulfone groups is 1. The molecule has 30 heavy (non-hydrogen) atoms. The van der Waals surface area contributed by atoms with Crippen molar-refractivity contribution >= 4 is 49.1 Å². The molecular weight excluding hydrogens is 426 g/mol. The largest absolute Gasteiger partial charge is 0.305 e. The number of benzene rings is 2. The standard InChI is InChI=1S/C20H15N3O5S2/c1-3-12-22-17-10-9-16(30(2,27)28)13-18(17)29-20(22)21-19(24)11-6-14-4-7-15(8-5-14)23(25)26/h1,4-11,13H,12H2,2H3/b11-6-,21-20?. The maximum absolute atomic E-state index is 12.3. The van der Waals surface area contributed by atoms with Crippen LogP contribution >= 0.6 is 11.3 Å².